The molecule has 5 aromatic rings. The lowest BCUT2D eigenvalue weighted by Crippen LogP contribution is -2.12. The van der Waals surface area contributed by atoms with E-state index >= 15 is 0 Å². The lowest BCUT2D eigenvalue weighted by Gasteiger charge is -2.28. The van der Waals surface area contributed by atoms with Gasteiger partial charge in [-0.15, -0.1) is 0 Å². The van der Waals surface area contributed by atoms with Crippen molar-refractivity contribution in [2.24, 2.45) is 29.6 Å². The number of aryl methyl sites for hydroxylation is 4. The molecule has 0 aliphatic rings. The number of hydrogen-bond donors (Lipinski definition) is 0. The van der Waals surface area contributed by atoms with Crippen molar-refractivity contribution in [3.05, 3.63) is 170 Å². The minimum Gasteiger partial charge on any atom is -0.0625 e. The van der Waals surface area contributed by atoms with Gasteiger partial charge in [-0.05, 0) is 321 Å². The molecule has 1 unspecified atom stereocenters. The summed E-state index contributed by atoms with van der Waals surface area (Å²) in [5.74, 6) is 7.45. The standard InChI is InChI=1S/C18H30.2C16H26.2C15H24/c1-10(2)12(5)18-15(8)13(6)14(7)17(11(3)4)16(18)9;1-10(2)8-16-12(5)9-15(11(3)4)13(6)14(16)7;1-10(2)8-15-9-12(5)16(11(3)4)14(7)13(15)6;1-10(2)7-15-12(5)8-14(11(3)4)9-13(15)6;1-10(2)9-14-7-8-15(11(3)4)13(6)12(14)5/h10-12H,1-9H3;2*9-11H,8H2,1-7H3;8-11H,7H2,1-6H3;7-8,10-11H,9H2,1-6H3. The van der Waals surface area contributed by atoms with E-state index in [1.165, 1.54) is 131 Å². The number of hydrogen-bond acceptors (Lipinski definition) is 0. The Morgan fingerprint density at radius 3 is 1.06 bits per heavy atom. The van der Waals surface area contributed by atoms with Gasteiger partial charge in [-0.2, -0.15) is 0 Å². The summed E-state index contributed by atoms with van der Waals surface area (Å²) in [7, 11) is 0. The van der Waals surface area contributed by atoms with E-state index in [1.807, 2.05) is 0 Å². The molecule has 0 fully saturated rings. The van der Waals surface area contributed by atoms with Gasteiger partial charge in [0, 0.05) is 0 Å². The van der Waals surface area contributed by atoms with E-state index < -0.39 is 0 Å². The first kappa shape index (κ1) is 74.1. The zero-order valence-electron chi connectivity index (χ0n) is 59.6. The maximum atomic E-state index is 2.40. The second-order valence-electron chi connectivity index (χ2n) is 28.8. The van der Waals surface area contributed by atoms with Crippen molar-refractivity contribution in [1.29, 1.82) is 0 Å². The Hall–Kier alpha value is -3.90. The molecule has 450 valence electrons. The third-order valence-corrected chi connectivity index (χ3v) is 18.0. The van der Waals surface area contributed by atoms with Gasteiger partial charge in [-0.3, -0.25) is 0 Å². The molecule has 80 heavy (non-hydrogen) atoms. The molecule has 0 aliphatic heterocycles. The van der Waals surface area contributed by atoms with Crippen molar-refractivity contribution in [2.75, 3.05) is 0 Å². The van der Waals surface area contributed by atoms with E-state index in [2.05, 4.69) is 279 Å². The van der Waals surface area contributed by atoms with Crippen LogP contribution in [0.5, 0.6) is 0 Å². The van der Waals surface area contributed by atoms with Crippen LogP contribution in [0.2, 0.25) is 0 Å². The van der Waals surface area contributed by atoms with Crippen LogP contribution in [-0.4, -0.2) is 0 Å². The van der Waals surface area contributed by atoms with Crippen LogP contribution in [0.15, 0.2) is 36.4 Å². The van der Waals surface area contributed by atoms with Gasteiger partial charge in [0.15, 0.2) is 0 Å². The Morgan fingerprint density at radius 2 is 0.650 bits per heavy atom. The summed E-state index contributed by atoms with van der Waals surface area (Å²) in [5.41, 5.74) is 36.3. The van der Waals surface area contributed by atoms with Crippen LogP contribution < -0.4 is 0 Å². The highest BCUT2D eigenvalue weighted by atomic mass is 14.3. The molecule has 0 radical (unpaired) electrons. The SMILES string of the molecule is Cc1c(C)c(C(C)C)c(C)c(C(C)C(C)C)c1C.Cc1c(CC(C)C)ccc(C(C)C)c1C.Cc1cc(C(C)C)c(C)c(C)c1CC(C)C.Cc1cc(C(C)C)cc(C)c1CC(C)C.Cc1cc(CC(C)C)c(C)c(C)c1C(C)C. The Morgan fingerprint density at radius 1 is 0.263 bits per heavy atom. The molecule has 0 nitrogen and oxygen atoms in total. The molecular weight excluding hydrogens is 961 g/mol. The zero-order chi connectivity index (χ0) is 62.3. The molecule has 0 aromatic heterocycles. The molecule has 0 saturated carbocycles. The molecule has 0 heteroatoms. The Kier molecular flexibility index (Phi) is 30.9. The summed E-state index contributed by atoms with van der Waals surface area (Å²) in [4.78, 5) is 0. The summed E-state index contributed by atoms with van der Waals surface area (Å²) in [6.45, 7) is 80.0. The fourth-order valence-electron chi connectivity index (χ4n) is 12.8. The fraction of sp³-hybridized carbons (Fsp3) is 0.625. The van der Waals surface area contributed by atoms with Gasteiger partial charge < -0.3 is 0 Å². The predicted molar refractivity (Wildman–Crippen MR) is 366 cm³/mol. The summed E-state index contributed by atoms with van der Waals surface area (Å²) in [6.07, 6.45) is 4.81. The fourth-order valence-corrected chi connectivity index (χ4v) is 12.8. The van der Waals surface area contributed by atoms with E-state index in [1.54, 1.807) is 27.8 Å². The summed E-state index contributed by atoms with van der Waals surface area (Å²) in [5, 5.41) is 0. The third-order valence-electron chi connectivity index (χ3n) is 18.0. The van der Waals surface area contributed by atoms with Gasteiger partial charge >= 0.3 is 0 Å². The smallest absolute Gasteiger partial charge is 0.0162 e. The molecule has 0 amide bonds. The van der Waals surface area contributed by atoms with Gasteiger partial charge in [-0.25, -0.2) is 0 Å². The van der Waals surface area contributed by atoms with Gasteiger partial charge in [0.25, 0.3) is 0 Å². The average molecular weight is 1090 g/mol. The minimum absolute atomic E-state index is 0.613. The summed E-state index contributed by atoms with van der Waals surface area (Å²) >= 11 is 0. The van der Waals surface area contributed by atoms with E-state index in [0.29, 0.717) is 41.4 Å². The first-order valence-corrected chi connectivity index (χ1v) is 32.2. The van der Waals surface area contributed by atoms with Crippen molar-refractivity contribution in [3.8, 4) is 0 Å². The van der Waals surface area contributed by atoms with Crippen molar-refractivity contribution in [1.82, 2.24) is 0 Å². The van der Waals surface area contributed by atoms with E-state index in [9.17, 15) is 0 Å². The quantitative estimate of drug-likeness (QED) is 0.0980. The van der Waals surface area contributed by atoms with Crippen LogP contribution >= 0.6 is 0 Å². The zero-order valence-corrected chi connectivity index (χ0v) is 59.6. The molecule has 5 rings (SSSR count). The van der Waals surface area contributed by atoms with Crippen LogP contribution in [0.3, 0.4) is 0 Å². The van der Waals surface area contributed by atoms with Crippen molar-refractivity contribution < 1.29 is 0 Å². The topological polar surface area (TPSA) is 0 Å². The van der Waals surface area contributed by atoms with Crippen molar-refractivity contribution in [2.45, 2.75) is 304 Å². The minimum atomic E-state index is 0.613. The van der Waals surface area contributed by atoms with Crippen LogP contribution in [0.1, 0.15) is 314 Å². The second kappa shape index (κ2) is 33.4. The first-order valence-electron chi connectivity index (χ1n) is 32.2. The molecule has 0 heterocycles. The summed E-state index contributed by atoms with van der Waals surface area (Å²) in [6, 6.07) is 14.1. The van der Waals surface area contributed by atoms with Gasteiger partial charge in [0.2, 0.25) is 0 Å². The second-order valence-corrected chi connectivity index (χ2v) is 28.8. The predicted octanol–water partition coefficient (Wildman–Crippen LogP) is 24.9. The number of benzene rings is 5. The van der Waals surface area contributed by atoms with Crippen LogP contribution in [0, 0.1) is 127 Å². The Balaban J connectivity index is 0.000000501. The van der Waals surface area contributed by atoms with Crippen molar-refractivity contribution >= 4 is 0 Å². The van der Waals surface area contributed by atoms with Crippen LogP contribution in [0.4, 0.5) is 0 Å². The molecule has 0 bridgehead atoms. The normalized spacial score (nSPS) is 12.0. The van der Waals surface area contributed by atoms with Crippen LogP contribution in [0.25, 0.3) is 0 Å². The third kappa shape index (κ3) is 21.1. The summed E-state index contributed by atoms with van der Waals surface area (Å²) < 4.78 is 0. The van der Waals surface area contributed by atoms with Gasteiger partial charge in [-0.1, -0.05) is 182 Å². The van der Waals surface area contributed by atoms with Gasteiger partial charge in [0.1, 0.15) is 0 Å². The maximum absolute atomic E-state index is 2.40. The molecule has 5 aromatic carbocycles. The number of rotatable bonds is 15. The van der Waals surface area contributed by atoms with E-state index in [0.717, 1.165) is 23.7 Å². The highest BCUT2D eigenvalue weighted by molar-refractivity contribution is 5.53. The van der Waals surface area contributed by atoms with Gasteiger partial charge in [0.05, 0.1) is 0 Å². The molecule has 1 atom stereocenters. The lowest BCUT2D eigenvalue weighted by atomic mass is 9.77. The highest BCUT2D eigenvalue weighted by Gasteiger charge is 2.22. The molecular formula is C80H130. The van der Waals surface area contributed by atoms with E-state index in [-0.39, 0.29) is 0 Å². The Labute approximate surface area is 500 Å². The van der Waals surface area contributed by atoms with Crippen LogP contribution in [-0.2, 0) is 25.7 Å². The lowest BCUT2D eigenvalue weighted by molar-refractivity contribution is 0.529. The maximum Gasteiger partial charge on any atom is -0.0162 e. The Bertz CT molecular complexity index is 2690. The molecule has 0 aliphatic carbocycles. The first-order chi connectivity index (χ1) is 36.7. The molecule has 0 spiro atoms. The molecule has 0 N–H and O–H groups in total. The van der Waals surface area contributed by atoms with E-state index in [4.69, 9.17) is 0 Å². The monoisotopic (exact) mass is 1090 g/mol. The average Bonchev–Trinajstić information content (AvgIpc) is 3.32. The molecule has 0 saturated heterocycles. The highest BCUT2D eigenvalue weighted by Crippen LogP contribution is 2.38. The largest absolute Gasteiger partial charge is 0.0625 e. The van der Waals surface area contributed by atoms with Crippen molar-refractivity contribution in [3.63, 3.8) is 0 Å².